The fourth-order valence-electron chi connectivity index (χ4n) is 3.64. The lowest BCUT2D eigenvalue weighted by atomic mass is 10.2. The number of ether oxygens (including phenoxy) is 1. The Hall–Kier alpha value is -3.01. The van der Waals surface area contributed by atoms with Gasteiger partial charge in [-0.1, -0.05) is 22.9 Å². The summed E-state index contributed by atoms with van der Waals surface area (Å²) in [5, 5.41) is 1.16. The van der Waals surface area contributed by atoms with Crippen molar-refractivity contribution in [3.05, 3.63) is 77.1 Å². The van der Waals surface area contributed by atoms with Crippen molar-refractivity contribution < 1.29 is 17.9 Å². The van der Waals surface area contributed by atoms with E-state index in [1.807, 2.05) is 31.2 Å². The monoisotopic (exact) mass is 529 g/mol. The number of carbonyl (C=O) groups is 1. The molecule has 2 aromatic heterocycles. The molecule has 2 heterocycles. The zero-order valence-electron chi connectivity index (χ0n) is 19.3. The number of hydrogen-bond donors (Lipinski definition) is 0. The summed E-state index contributed by atoms with van der Waals surface area (Å²) in [5.74, 6) is 0.246. The summed E-state index contributed by atoms with van der Waals surface area (Å²) in [4.78, 5) is 23.9. The van der Waals surface area contributed by atoms with Gasteiger partial charge in [0.2, 0.25) is 5.91 Å². The molecule has 0 aliphatic carbocycles. The third-order valence-electron chi connectivity index (χ3n) is 5.48. The van der Waals surface area contributed by atoms with Crippen LogP contribution in [0.2, 0.25) is 5.02 Å². The molecule has 2 aromatic carbocycles. The molecule has 10 heteroatoms. The first-order valence-electron chi connectivity index (χ1n) is 10.9. The number of nitrogens with zero attached hydrogens (tertiary/aromatic N) is 3. The maximum Gasteiger partial charge on any atom is 0.229 e. The number of benzene rings is 2. The van der Waals surface area contributed by atoms with E-state index in [0.29, 0.717) is 22.4 Å². The van der Waals surface area contributed by atoms with Crippen LogP contribution < -0.4 is 9.64 Å². The summed E-state index contributed by atoms with van der Waals surface area (Å²) in [7, 11) is -2.00. The summed E-state index contributed by atoms with van der Waals surface area (Å²) in [6.45, 7) is 2.23. The van der Waals surface area contributed by atoms with E-state index in [0.717, 1.165) is 21.3 Å². The van der Waals surface area contributed by atoms with Gasteiger partial charge in [0.05, 0.1) is 34.5 Å². The minimum atomic E-state index is -3.52. The van der Waals surface area contributed by atoms with Crippen LogP contribution in [0.4, 0.5) is 5.13 Å². The second kappa shape index (κ2) is 10.7. The Bertz CT molecular complexity index is 1440. The summed E-state index contributed by atoms with van der Waals surface area (Å²) in [5.41, 5.74) is 2.62. The molecule has 182 valence electrons. The number of pyridine rings is 1. The first-order valence-corrected chi connectivity index (χ1v) is 13.7. The first-order chi connectivity index (χ1) is 16.8. The first kappa shape index (κ1) is 25.1. The van der Waals surface area contributed by atoms with E-state index < -0.39 is 9.84 Å². The standard InChI is InChI=1S/C25H24ClN3O4S2/c1-17-14-19(26)15-22-24(17)28-25(34-22)29(16-18-9-11-27-12-10-18)23(30)4-3-13-35(31,32)21-7-5-20(33-2)6-8-21/h5-12,14-15H,3-4,13,16H2,1-2H3. The van der Waals surface area contributed by atoms with Crippen LogP contribution in [0.1, 0.15) is 24.0 Å². The number of halogens is 1. The van der Waals surface area contributed by atoms with Gasteiger partial charge in [-0.3, -0.25) is 14.7 Å². The van der Waals surface area contributed by atoms with Crippen molar-refractivity contribution >= 4 is 54.0 Å². The van der Waals surface area contributed by atoms with E-state index >= 15 is 0 Å². The zero-order chi connectivity index (χ0) is 25.0. The van der Waals surface area contributed by atoms with Crippen molar-refractivity contribution in [1.29, 1.82) is 0 Å². The van der Waals surface area contributed by atoms with E-state index in [9.17, 15) is 13.2 Å². The van der Waals surface area contributed by atoms with Crippen molar-refractivity contribution in [3.63, 3.8) is 0 Å². The number of sulfone groups is 1. The van der Waals surface area contributed by atoms with Gasteiger partial charge in [0.1, 0.15) is 5.75 Å². The van der Waals surface area contributed by atoms with Crippen LogP contribution in [0.25, 0.3) is 10.2 Å². The molecule has 0 N–H and O–H groups in total. The number of thiazole rings is 1. The van der Waals surface area contributed by atoms with E-state index in [1.165, 1.54) is 30.6 Å². The number of fused-ring (bicyclic) bond motifs is 1. The molecular formula is C25H24ClN3O4S2. The second-order valence-electron chi connectivity index (χ2n) is 8.00. The Labute approximate surface area is 213 Å². The van der Waals surface area contributed by atoms with Gasteiger partial charge in [-0.25, -0.2) is 13.4 Å². The lowest BCUT2D eigenvalue weighted by Gasteiger charge is -2.20. The molecule has 4 aromatic rings. The van der Waals surface area contributed by atoms with Crippen LogP contribution in [0.3, 0.4) is 0 Å². The van der Waals surface area contributed by atoms with Gasteiger partial charge in [0, 0.05) is 23.8 Å². The number of carbonyl (C=O) groups excluding carboxylic acids is 1. The van der Waals surface area contributed by atoms with Crippen LogP contribution in [-0.4, -0.2) is 37.2 Å². The second-order valence-corrected chi connectivity index (χ2v) is 11.6. The quantitative estimate of drug-likeness (QED) is 0.286. The normalized spacial score (nSPS) is 11.5. The topological polar surface area (TPSA) is 89.5 Å². The lowest BCUT2D eigenvalue weighted by Crippen LogP contribution is -2.30. The molecule has 0 atom stereocenters. The number of amides is 1. The molecule has 35 heavy (non-hydrogen) atoms. The molecule has 4 rings (SSSR count). The molecule has 0 fully saturated rings. The molecule has 0 radical (unpaired) electrons. The molecule has 0 spiro atoms. The third kappa shape index (κ3) is 5.98. The van der Waals surface area contributed by atoms with Crippen molar-refractivity contribution in [1.82, 2.24) is 9.97 Å². The van der Waals surface area contributed by atoms with Crippen LogP contribution in [0.15, 0.2) is 65.8 Å². The summed E-state index contributed by atoms with van der Waals surface area (Å²) < 4.78 is 31.4. The molecular weight excluding hydrogens is 506 g/mol. The van der Waals surface area contributed by atoms with E-state index in [2.05, 4.69) is 4.98 Å². The number of hydrogen-bond acceptors (Lipinski definition) is 7. The van der Waals surface area contributed by atoms with Gasteiger partial charge in [0.25, 0.3) is 0 Å². The summed E-state index contributed by atoms with van der Waals surface area (Å²) in [6.07, 6.45) is 3.59. The number of aromatic nitrogens is 2. The SMILES string of the molecule is COc1ccc(S(=O)(=O)CCCC(=O)N(Cc2ccncc2)c2nc3c(C)cc(Cl)cc3s2)cc1. The fraction of sp³-hybridized carbons (Fsp3) is 0.240. The fourth-order valence-corrected chi connectivity index (χ4v) is 6.39. The Morgan fingerprint density at radius 3 is 2.51 bits per heavy atom. The van der Waals surface area contributed by atoms with Crippen molar-refractivity contribution in [3.8, 4) is 5.75 Å². The molecule has 1 amide bonds. The molecule has 7 nitrogen and oxygen atoms in total. The zero-order valence-corrected chi connectivity index (χ0v) is 21.7. The lowest BCUT2D eigenvalue weighted by molar-refractivity contribution is -0.118. The average Bonchev–Trinajstić information content (AvgIpc) is 3.27. The number of rotatable bonds is 9. The van der Waals surface area contributed by atoms with Crippen LogP contribution in [0, 0.1) is 6.92 Å². The van der Waals surface area contributed by atoms with E-state index in [4.69, 9.17) is 21.3 Å². The maximum absolute atomic E-state index is 13.3. The van der Waals surface area contributed by atoms with E-state index in [-0.39, 0.29) is 29.4 Å². The van der Waals surface area contributed by atoms with Crippen molar-refractivity contribution in [2.24, 2.45) is 0 Å². The van der Waals surface area contributed by atoms with Crippen LogP contribution in [-0.2, 0) is 21.2 Å². The number of methoxy groups -OCH3 is 1. The molecule has 0 saturated heterocycles. The highest BCUT2D eigenvalue weighted by atomic mass is 35.5. The predicted molar refractivity (Wildman–Crippen MR) is 139 cm³/mol. The number of aryl methyl sites for hydroxylation is 1. The van der Waals surface area contributed by atoms with Gasteiger partial charge in [-0.2, -0.15) is 0 Å². The van der Waals surface area contributed by atoms with Crippen LogP contribution in [0.5, 0.6) is 5.75 Å². The molecule has 0 bridgehead atoms. The molecule has 0 unspecified atom stereocenters. The highest BCUT2D eigenvalue weighted by Gasteiger charge is 2.22. The molecule has 0 aliphatic heterocycles. The Kier molecular flexibility index (Phi) is 7.69. The molecule has 0 aliphatic rings. The van der Waals surface area contributed by atoms with Crippen molar-refractivity contribution in [2.75, 3.05) is 17.8 Å². The smallest absolute Gasteiger partial charge is 0.229 e. The van der Waals surface area contributed by atoms with Gasteiger partial charge < -0.3 is 4.74 Å². The summed E-state index contributed by atoms with van der Waals surface area (Å²) >= 11 is 7.60. The van der Waals surface area contributed by atoms with E-state index in [1.54, 1.807) is 29.4 Å². The Morgan fingerprint density at radius 2 is 1.83 bits per heavy atom. The third-order valence-corrected chi connectivity index (χ3v) is 8.54. The predicted octanol–water partition coefficient (Wildman–Crippen LogP) is 5.45. The van der Waals surface area contributed by atoms with Crippen molar-refractivity contribution in [2.45, 2.75) is 31.2 Å². The largest absolute Gasteiger partial charge is 0.497 e. The summed E-state index contributed by atoms with van der Waals surface area (Å²) in [6, 6.07) is 13.6. The maximum atomic E-state index is 13.3. The highest BCUT2D eigenvalue weighted by Crippen LogP contribution is 2.34. The average molecular weight is 530 g/mol. The minimum Gasteiger partial charge on any atom is -0.497 e. The Morgan fingerprint density at radius 1 is 1.11 bits per heavy atom. The minimum absolute atomic E-state index is 0.0656. The van der Waals surface area contributed by atoms with Gasteiger partial charge >= 0.3 is 0 Å². The highest BCUT2D eigenvalue weighted by molar-refractivity contribution is 7.91. The molecule has 0 saturated carbocycles. The number of anilines is 1. The van der Waals surface area contributed by atoms with Gasteiger partial charge in [-0.15, -0.1) is 0 Å². The van der Waals surface area contributed by atoms with Gasteiger partial charge in [0.15, 0.2) is 15.0 Å². The van der Waals surface area contributed by atoms with Gasteiger partial charge in [-0.05, 0) is 73.0 Å². The van der Waals surface area contributed by atoms with Crippen LogP contribution >= 0.6 is 22.9 Å². The Balaban J connectivity index is 1.53.